The van der Waals surface area contributed by atoms with Gasteiger partial charge in [0, 0.05) is 21.1 Å². The van der Waals surface area contributed by atoms with Crippen LogP contribution in [0.4, 0.5) is 0 Å². The summed E-state index contributed by atoms with van der Waals surface area (Å²) in [4.78, 5) is 2.36. The van der Waals surface area contributed by atoms with E-state index < -0.39 is 0 Å². The molecule has 1 atom stereocenters. The van der Waals surface area contributed by atoms with Gasteiger partial charge in [-0.3, -0.25) is 0 Å². The molecule has 2 rings (SSSR count). The topological polar surface area (TPSA) is 29.3 Å². The molecule has 0 heterocycles. The molecule has 1 aromatic carbocycles. The van der Waals surface area contributed by atoms with Crippen LogP contribution in [0.1, 0.15) is 44.1 Å². The van der Waals surface area contributed by atoms with E-state index in [1.807, 2.05) is 12.1 Å². The number of rotatable bonds is 4. The second-order valence-corrected chi connectivity index (χ2v) is 7.78. The third kappa shape index (κ3) is 4.01. The Morgan fingerprint density at radius 3 is 2.38 bits per heavy atom. The second kappa shape index (κ2) is 7.45. The lowest BCUT2D eigenvalue weighted by Gasteiger charge is -2.44. The first-order chi connectivity index (χ1) is 9.95. The van der Waals surface area contributed by atoms with Crippen LogP contribution in [0.25, 0.3) is 0 Å². The van der Waals surface area contributed by atoms with E-state index in [2.05, 4.69) is 41.0 Å². The minimum atomic E-state index is 0.104. The Morgan fingerprint density at radius 1 is 1.24 bits per heavy atom. The summed E-state index contributed by atoms with van der Waals surface area (Å²) < 4.78 is 1.02. The van der Waals surface area contributed by atoms with Crippen molar-refractivity contribution in [3.8, 4) is 0 Å². The van der Waals surface area contributed by atoms with Gasteiger partial charge < -0.3 is 10.6 Å². The normalized spacial score (nSPS) is 20.3. The van der Waals surface area contributed by atoms with Crippen molar-refractivity contribution in [2.75, 3.05) is 14.1 Å². The molecule has 118 valence electrons. The summed E-state index contributed by atoms with van der Waals surface area (Å²) in [5.74, 6) is 0. The molecule has 0 spiro atoms. The minimum Gasteiger partial charge on any atom is -0.326 e. The number of likely N-dealkylation sites (N-methyl/N-ethyl adjacent to an activating group) is 1. The molecular formula is C17H26BrClN2. The lowest BCUT2D eigenvalue weighted by Crippen LogP contribution is -2.58. The molecule has 0 bridgehead atoms. The fourth-order valence-electron chi connectivity index (χ4n) is 3.60. The Labute approximate surface area is 142 Å². The molecule has 1 aliphatic rings. The number of hydrogen-bond donors (Lipinski definition) is 1. The van der Waals surface area contributed by atoms with Gasteiger partial charge in [0.25, 0.3) is 0 Å². The number of nitrogens with zero attached hydrogens (tertiary/aromatic N) is 1. The molecule has 21 heavy (non-hydrogen) atoms. The molecule has 0 aromatic heterocycles. The van der Waals surface area contributed by atoms with Gasteiger partial charge in [0.2, 0.25) is 0 Å². The average molecular weight is 374 g/mol. The molecule has 1 saturated carbocycles. The van der Waals surface area contributed by atoms with Crippen molar-refractivity contribution in [3.05, 3.63) is 33.3 Å². The van der Waals surface area contributed by atoms with Gasteiger partial charge in [-0.15, -0.1) is 0 Å². The Kier molecular flexibility index (Phi) is 6.13. The quantitative estimate of drug-likeness (QED) is 0.780. The Bertz CT molecular complexity index is 468. The van der Waals surface area contributed by atoms with Crippen LogP contribution in [0.3, 0.4) is 0 Å². The average Bonchev–Trinajstić information content (AvgIpc) is 2.68. The van der Waals surface area contributed by atoms with E-state index in [0.29, 0.717) is 0 Å². The summed E-state index contributed by atoms with van der Waals surface area (Å²) >= 11 is 9.83. The molecule has 2 nitrogen and oxygen atoms in total. The lowest BCUT2D eigenvalue weighted by molar-refractivity contribution is 0.0968. The third-order valence-corrected chi connectivity index (χ3v) is 5.85. The molecule has 0 radical (unpaired) electrons. The largest absolute Gasteiger partial charge is 0.326 e. The van der Waals surface area contributed by atoms with Crippen LogP contribution < -0.4 is 5.73 Å². The molecule has 2 N–H and O–H groups in total. The maximum atomic E-state index is 6.68. The van der Waals surface area contributed by atoms with E-state index in [-0.39, 0.29) is 11.6 Å². The number of benzene rings is 1. The van der Waals surface area contributed by atoms with Crippen LogP contribution in [-0.2, 0) is 6.42 Å². The summed E-state index contributed by atoms with van der Waals surface area (Å²) in [6.07, 6.45) is 8.44. The SMILES string of the molecule is CN(C)C1(C(N)Cc2ccc(Br)cc2Cl)CCCCCC1. The van der Waals surface area contributed by atoms with Crippen molar-refractivity contribution in [3.63, 3.8) is 0 Å². The van der Waals surface area contributed by atoms with E-state index in [1.165, 1.54) is 38.5 Å². The van der Waals surface area contributed by atoms with Crippen molar-refractivity contribution in [1.82, 2.24) is 4.90 Å². The summed E-state index contributed by atoms with van der Waals surface area (Å²) in [6, 6.07) is 6.21. The van der Waals surface area contributed by atoms with Crippen LogP contribution in [0.15, 0.2) is 22.7 Å². The summed E-state index contributed by atoms with van der Waals surface area (Å²) in [5.41, 5.74) is 7.94. The van der Waals surface area contributed by atoms with Crippen molar-refractivity contribution < 1.29 is 0 Å². The maximum absolute atomic E-state index is 6.68. The predicted octanol–water partition coefficient (Wildman–Crippen LogP) is 4.63. The van der Waals surface area contributed by atoms with Gasteiger partial charge in [0.05, 0.1) is 0 Å². The first kappa shape index (κ1) is 17.3. The van der Waals surface area contributed by atoms with Crippen LogP contribution in [0.5, 0.6) is 0 Å². The Hall–Kier alpha value is -0.0900. The second-order valence-electron chi connectivity index (χ2n) is 6.46. The molecule has 0 saturated heterocycles. The van der Waals surface area contributed by atoms with Crippen LogP contribution in [0.2, 0.25) is 5.02 Å². The Morgan fingerprint density at radius 2 is 1.86 bits per heavy atom. The van der Waals surface area contributed by atoms with Crippen molar-refractivity contribution in [2.24, 2.45) is 5.73 Å². The highest BCUT2D eigenvalue weighted by atomic mass is 79.9. The van der Waals surface area contributed by atoms with E-state index >= 15 is 0 Å². The first-order valence-electron chi connectivity index (χ1n) is 7.82. The highest BCUT2D eigenvalue weighted by Crippen LogP contribution is 2.35. The number of halogens is 2. The number of hydrogen-bond acceptors (Lipinski definition) is 2. The zero-order chi connectivity index (χ0) is 15.5. The number of nitrogens with two attached hydrogens (primary N) is 1. The standard InChI is InChI=1S/C17H26BrClN2/c1-21(2)17(9-5-3-4-6-10-17)16(20)11-13-7-8-14(18)12-15(13)19/h7-8,12,16H,3-6,9-11,20H2,1-2H3. The monoisotopic (exact) mass is 372 g/mol. The fourth-order valence-corrected chi connectivity index (χ4v) is 4.36. The maximum Gasteiger partial charge on any atom is 0.0449 e. The predicted molar refractivity (Wildman–Crippen MR) is 95.0 cm³/mol. The van der Waals surface area contributed by atoms with E-state index in [4.69, 9.17) is 17.3 Å². The molecular weight excluding hydrogens is 348 g/mol. The molecule has 4 heteroatoms. The van der Waals surface area contributed by atoms with Crippen molar-refractivity contribution >= 4 is 27.5 Å². The van der Waals surface area contributed by atoms with Gasteiger partial charge in [-0.2, -0.15) is 0 Å². The highest BCUT2D eigenvalue weighted by Gasteiger charge is 2.39. The van der Waals surface area contributed by atoms with Gasteiger partial charge in [-0.25, -0.2) is 0 Å². The van der Waals surface area contributed by atoms with E-state index in [0.717, 1.165) is 21.5 Å². The van der Waals surface area contributed by atoms with Gasteiger partial charge in [0.15, 0.2) is 0 Å². The summed E-state index contributed by atoms with van der Waals surface area (Å²) in [7, 11) is 4.35. The third-order valence-electron chi connectivity index (χ3n) is 5.01. The summed E-state index contributed by atoms with van der Waals surface area (Å²) in [5, 5.41) is 0.808. The molecule has 1 aromatic rings. The molecule has 1 fully saturated rings. The zero-order valence-corrected chi connectivity index (χ0v) is 15.4. The van der Waals surface area contributed by atoms with Crippen molar-refractivity contribution in [1.29, 1.82) is 0 Å². The fraction of sp³-hybridized carbons (Fsp3) is 0.647. The van der Waals surface area contributed by atoms with Crippen LogP contribution >= 0.6 is 27.5 Å². The molecule has 1 aliphatic carbocycles. The first-order valence-corrected chi connectivity index (χ1v) is 9.00. The van der Waals surface area contributed by atoms with Gasteiger partial charge in [-0.05, 0) is 51.1 Å². The smallest absolute Gasteiger partial charge is 0.0449 e. The molecule has 0 amide bonds. The van der Waals surface area contributed by atoms with Gasteiger partial charge in [-0.1, -0.05) is 59.3 Å². The zero-order valence-electron chi connectivity index (χ0n) is 13.0. The van der Waals surface area contributed by atoms with E-state index in [1.54, 1.807) is 0 Å². The highest BCUT2D eigenvalue weighted by molar-refractivity contribution is 9.10. The van der Waals surface area contributed by atoms with Gasteiger partial charge >= 0.3 is 0 Å². The lowest BCUT2D eigenvalue weighted by atomic mass is 9.79. The van der Waals surface area contributed by atoms with E-state index in [9.17, 15) is 0 Å². The van der Waals surface area contributed by atoms with Gasteiger partial charge in [0.1, 0.15) is 0 Å². The Balaban J connectivity index is 2.20. The van der Waals surface area contributed by atoms with Crippen LogP contribution in [-0.4, -0.2) is 30.6 Å². The molecule has 0 aliphatic heterocycles. The molecule has 1 unspecified atom stereocenters. The minimum absolute atomic E-state index is 0.104. The van der Waals surface area contributed by atoms with Crippen LogP contribution in [0, 0.1) is 0 Å². The van der Waals surface area contributed by atoms with Crippen molar-refractivity contribution in [2.45, 2.75) is 56.5 Å². The summed E-state index contributed by atoms with van der Waals surface area (Å²) in [6.45, 7) is 0.